The molecule has 0 radical (unpaired) electrons. The van der Waals surface area contributed by atoms with Crippen LogP contribution in [0, 0.1) is 5.92 Å². The van der Waals surface area contributed by atoms with Gasteiger partial charge in [0.1, 0.15) is 0 Å². The van der Waals surface area contributed by atoms with Gasteiger partial charge in [0.05, 0.1) is 12.5 Å². The number of rotatable bonds is 4. The highest BCUT2D eigenvalue weighted by molar-refractivity contribution is 5.78. The minimum absolute atomic E-state index is 0.171. The Kier molecular flexibility index (Phi) is 5.83. The summed E-state index contributed by atoms with van der Waals surface area (Å²) in [4.78, 5) is 25.1. The lowest BCUT2D eigenvalue weighted by Crippen LogP contribution is -2.44. The number of nitrogens with zero attached hydrogens (tertiary/aromatic N) is 1. The fraction of sp³-hybridized carbons (Fsp3) is 0.867. The lowest BCUT2D eigenvalue weighted by molar-refractivity contribution is -0.143. The Bertz CT molecular complexity index is 338. The van der Waals surface area contributed by atoms with Crippen LogP contribution in [0.15, 0.2) is 0 Å². The summed E-state index contributed by atoms with van der Waals surface area (Å²) in [5, 5.41) is 12.3. The monoisotopic (exact) mass is 282 g/mol. The van der Waals surface area contributed by atoms with Crippen molar-refractivity contribution in [2.45, 2.75) is 57.4 Å². The van der Waals surface area contributed by atoms with Gasteiger partial charge in [0, 0.05) is 19.1 Å². The molecule has 1 aliphatic heterocycles. The number of amides is 1. The molecular weight excluding hydrogens is 256 g/mol. The average Bonchev–Trinajstić information content (AvgIpc) is 2.74. The van der Waals surface area contributed by atoms with E-state index in [1.54, 1.807) is 0 Å². The van der Waals surface area contributed by atoms with Gasteiger partial charge < -0.3 is 15.3 Å². The molecule has 2 N–H and O–H groups in total. The molecule has 20 heavy (non-hydrogen) atoms. The maximum Gasteiger partial charge on any atom is 0.306 e. The molecule has 1 saturated carbocycles. The van der Waals surface area contributed by atoms with E-state index in [4.69, 9.17) is 5.11 Å². The minimum Gasteiger partial charge on any atom is -0.481 e. The first kappa shape index (κ1) is 15.3. The number of aliphatic carboxylic acids is 1. The van der Waals surface area contributed by atoms with Gasteiger partial charge in [0.2, 0.25) is 5.91 Å². The van der Waals surface area contributed by atoms with E-state index in [2.05, 4.69) is 5.32 Å². The van der Waals surface area contributed by atoms with Crippen LogP contribution in [0.2, 0.25) is 0 Å². The van der Waals surface area contributed by atoms with Crippen LogP contribution < -0.4 is 5.32 Å². The Morgan fingerprint density at radius 3 is 2.40 bits per heavy atom. The third-order valence-corrected chi connectivity index (χ3v) is 4.52. The second-order valence-corrected chi connectivity index (χ2v) is 6.07. The highest BCUT2D eigenvalue weighted by Crippen LogP contribution is 2.24. The van der Waals surface area contributed by atoms with E-state index in [1.165, 1.54) is 12.8 Å². The van der Waals surface area contributed by atoms with Crippen LogP contribution in [-0.4, -0.2) is 47.6 Å². The van der Waals surface area contributed by atoms with Gasteiger partial charge in [-0.1, -0.05) is 19.3 Å². The minimum atomic E-state index is -0.699. The third-order valence-electron chi connectivity index (χ3n) is 4.52. The van der Waals surface area contributed by atoms with Gasteiger partial charge in [-0.25, -0.2) is 0 Å². The molecule has 5 nitrogen and oxygen atoms in total. The third kappa shape index (κ3) is 4.47. The number of carbonyl (C=O) groups excluding carboxylic acids is 1. The molecule has 1 heterocycles. The Morgan fingerprint density at radius 1 is 1.05 bits per heavy atom. The number of nitrogens with one attached hydrogen (secondary N) is 1. The van der Waals surface area contributed by atoms with E-state index in [-0.39, 0.29) is 17.9 Å². The molecule has 1 aliphatic carbocycles. The molecule has 0 bridgehead atoms. The number of carbonyl (C=O) groups is 2. The summed E-state index contributed by atoms with van der Waals surface area (Å²) in [6.45, 7) is 2.11. The SMILES string of the molecule is O=C(O)C1CCCC(NCC(=O)N2CCCCCC2)C1. The van der Waals surface area contributed by atoms with Crippen molar-refractivity contribution in [2.24, 2.45) is 5.92 Å². The topological polar surface area (TPSA) is 69.6 Å². The van der Waals surface area contributed by atoms with Crippen LogP contribution in [0.25, 0.3) is 0 Å². The molecule has 2 atom stereocenters. The van der Waals surface area contributed by atoms with Gasteiger partial charge in [0.15, 0.2) is 0 Å². The molecule has 0 spiro atoms. The molecule has 1 amide bonds. The first-order valence-electron chi connectivity index (χ1n) is 7.91. The molecule has 2 rings (SSSR count). The quantitative estimate of drug-likeness (QED) is 0.822. The fourth-order valence-electron chi connectivity index (χ4n) is 3.26. The lowest BCUT2D eigenvalue weighted by atomic mass is 9.86. The van der Waals surface area contributed by atoms with Gasteiger partial charge in [-0.15, -0.1) is 0 Å². The average molecular weight is 282 g/mol. The van der Waals surface area contributed by atoms with Crippen LogP contribution >= 0.6 is 0 Å². The molecular formula is C15H26N2O3. The summed E-state index contributed by atoms with van der Waals surface area (Å²) in [5.74, 6) is -0.769. The van der Waals surface area contributed by atoms with Crippen LogP contribution in [-0.2, 0) is 9.59 Å². The van der Waals surface area contributed by atoms with Crippen molar-refractivity contribution in [2.75, 3.05) is 19.6 Å². The maximum atomic E-state index is 12.2. The van der Waals surface area contributed by atoms with E-state index in [0.717, 1.165) is 45.2 Å². The Balaban J connectivity index is 1.73. The summed E-state index contributed by atoms with van der Waals surface area (Å²) < 4.78 is 0. The van der Waals surface area contributed by atoms with Crippen LogP contribution in [0.3, 0.4) is 0 Å². The second kappa shape index (κ2) is 7.62. The van der Waals surface area contributed by atoms with E-state index in [9.17, 15) is 9.59 Å². The molecule has 0 aromatic carbocycles. The van der Waals surface area contributed by atoms with E-state index in [1.807, 2.05) is 4.90 Å². The van der Waals surface area contributed by atoms with Crippen molar-refractivity contribution in [1.29, 1.82) is 0 Å². The van der Waals surface area contributed by atoms with Crippen molar-refractivity contribution in [3.05, 3.63) is 0 Å². The summed E-state index contributed by atoms with van der Waals surface area (Å²) in [6, 6.07) is 0.181. The molecule has 2 fully saturated rings. The summed E-state index contributed by atoms with van der Waals surface area (Å²) in [7, 11) is 0. The van der Waals surface area contributed by atoms with Crippen LogP contribution in [0.1, 0.15) is 51.4 Å². The zero-order valence-corrected chi connectivity index (χ0v) is 12.1. The zero-order valence-electron chi connectivity index (χ0n) is 12.1. The van der Waals surface area contributed by atoms with Crippen molar-refractivity contribution in [3.63, 3.8) is 0 Å². The van der Waals surface area contributed by atoms with E-state index in [0.29, 0.717) is 13.0 Å². The van der Waals surface area contributed by atoms with Gasteiger partial charge in [-0.2, -0.15) is 0 Å². The number of hydrogen-bond donors (Lipinski definition) is 2. The number of carboxylic acid groups (broad SMARTS) is 1. The zero-order chi connectivity index (χ0) is 14.4. The van der Waals surface area contributed by atoms with E-state index >= 15 is 0 Å². The number of likely N-dealkylation sites (tertiary alicyclic amines) is 1. The van der Waals surface area contributed by atoms with Crippen molar-refractivity contribution in [1.82, 2.24) is 10.2 Å². The van der Waals surface area contributed by atoms with Crippen molar-refractivity contribution in [3.8, 4) is 0 Å². The number of carboxylic acids is 1. The fourth-order valence-corrected chi connectivity index (χ4v) is 3.26. The molecule has 0 aromatic rings. The van der Waals surface area contributed by atoms with Crippen molar-refractivity contribution < 1.29 is 14.7 Å². The second-order valence-electron chi connectivity index (χ2n) is 6.07. The standard InChI is InChI=1S/C15H26N2O3/c18-14(17-8-3-1-2-4-9-17)11-16-13-7-5-6-12(10-13)15(19)20/h12-13,16H,1-11H2,(H,19,20). The summed E-state index contributed by atoms with van der Waals surface area (Å²) in [5.41, 5.74) is 0. The predicted molar refractivity (Wildman–Crippen MR) is 76.4 cm³/mol. The molecule has 2 unspecified atom stereocenters. The Morgan fingerprint density at radius 2 is 1.75 bits per heavy atom. The number of hydrogen-bond acceptors (Lipinski definition) is 3. The lowest BCUT2D eigenvalue weighted by Gasteiger charge is -2.28. The molecule has 114 valence electrons. The normalized spacial score (nSPS) is 27.9. The molecule has 2 aliphatic rings. The first-order valence-corrected chi connectivity index (χ1v) is 7.91. The van der Waals surface area contributed by atoms with Gasteiger partial charge in [-0.3, -0.25) is 9.59 Å². The Hall–Kier alpha value is -1.10. The van der Waals surface area contributed by atoms with Gasteiger partial charge in [-0.05, 0) is 32.1 Å². The predicted octanol–water partition coefficient (Wildman–Crippen LogP) is 1.62. The van der Waals surface area contributed by atoms with Crippen LogP contribution in [0.4, 0.5) is 0 Å². The molecule has 0 aromatic heterocycles. The maximum absolute atomic E-state index is 12.2. The Labute approximate surface area is 120 Å². The van der Waals surface area contributed by atoms with Gasteiger partial charge in [0.25, 0.3) is 0 Å². The van der Waals surface area contributed by atoms with Gasteiger partial charge >= 0.3 is 5.97 Å². The van der Waals surface area contributed by atoms with Crippen molar-refractivity contribution >= 4 is 11.9 Å². The summed E-state index contributed by atoms with van der Waals surface area (Å²) in [6.07, 6.45) is 8.01. The van der Waals surface area contributed by atoms with Crippen LogP contribution in [0.5, 0.6) is 0 Å². The smallest absolute Gasteiger partial charge is 0.306 e. The molecule has 5 heteroatoms. The first-order chi connectivity index (χ1) is 9.66. The highest BCUT2D eigenvalue weighted by Gasteiger charge is 2.27. The molecule has 1 saturated heterocycles. The highest BCUT2D eigenvalue weighted by atomic mass is 16.4. The summed E-state index contributed by atoms with van der Waals surface area (Å²) >= 11 is 0. The largest absolute Gasteiger partial charge is 0.481 e. The van der Waals surface area contributed by atoms with E-state index < -0.39 is 5.97 Å².